The fourth-order valence-electron chi connectivity index (χ4n) is 2.03. The summed E-state index contributed by atoms with van der Waals surface area (Å²) < 4.78 is 6.55. The van der Waals surface area contributed by atoms with Crippen LogP contribution in [0.5, 0.6) is 0 Å². The van der Waals surface area contributed by atoms with Crippen molar-refractivity contribution >= 4 is 22.9 Å². The number of rotatable bonds is 4. The standard InChI is InChI=1S/C14H14N2O4/c1-3-20-14(17)13(16(18)19)8-10-9-15(2)12-7-5-4-6-11(10)12/h4-9H,3H2,1-2H3/b13-8-. The maximum absolute atomic E-state index is 11.6. The van der Waals surface area contributed by atoms with E-state index in [0.29, 0.717) is 5.56 Å². The zero-order valence-electron chi connectivity index (χ0n) is 11.2. The Balaban J connectivity index is 2.54. The van der Waals surface area contributed by atoms with Gasteiger partial charge in [0.2, 0.25) is 0 Å². The summed E-state index contributed by atoms with van der Waals surface area (Å²) in [4.78, 5) is 21.9. The van der Waals surface area contributed by atoms with Crippen molar-refractivity contribution in [3.8, 4) is 0 Å². The summed E-state index contributed by atoms with van der Waals surface area (Å²) in [5, 5.41) is 11.8. The number of carbonyl (C=O) groups excluding carboxylic acids is 1. The van der Waals surface area contributed by atoms with E-state index in [0.717, 1.165) is 10.9 Å². The molecule has 0 N–H and O–H groups in total. The molecule has 0 bridgehead atoms. The second-order valence-electron chi connectivity index (χ2n) is 4.22. The molecule has 20 heavy (non-hydrogen) atoms. The van der Waals surface area contributed by atoms with Gasteiger partial charge in [-0.1, -0.05) is 18.2 Å². The first-order valence-corrected chi connectivity index (χ1v) is 6.12. The Morgan fingerprint density at radius 1 is 1.45 bits per heavy atom. The maximum atomic E-state index is 11.6. The van der Waals surface area contributed by atoms with Crippen LogP contribution in [0.2, 0.25) is 0 Å². The van der Waals surface area contributed by atoms with Gasteiger partial charge in [0.15, 0.2) is 0 Å². The van der Waals surface area contributed by atoms with Gasteiger partial charge >= 0.3 is 11.7 Å². The normalized spacial score (nSPS) is 11.6. The van der Waals surface area contributed by atoms with Crippen LogP contribution in [0.1, 0.15) is 12.5 Å². The van der Waals surface area contributed by atoms with Crippen molar-refractivity contribution in [2.75, 3.05) is 6.61 Å². The second-order valence-corrected chi connectivity index (χ2v) is 4.22. The Bertz CT molecular complexity index is 700. The minimum atomic E-state index is -0.926. The average Bonchev–Trinajstić information content (AvgIpc) is 2.73. The topological polar surface area (TPSA) is 74.4 Å². The van der Waals surface area contributed by atoms with Crippen LogP contribution in [-0.4, -0.2) is 22.1 Å². The molecule has 6 nitrogen and oxygen atoms in total. The van der Waals surface area contributed by atoms with Crippen molar-refractivity contribution in [3.63, 3.8) is 0 Å². The number of esters is 1. The number of aromatic nitrogens is 1. The van der Waals surface area contributed by atoms with Crippen molar-refractivity contribution in [1.82, 2.24) is 4.57 Å². The number of fused-ring (bicyclic) bond motifs is 1. The largest absolute Gasteiger partial charge is 0.458 e. The molecule has 104 valence electrons. The molecule has 2 aromatic rings. The molecule has 0 unspecified atom stereocenters. The van der Waals surface area contributed by atoms with Gasteiger partial charge in [0.25, 0.3) is 0 Å². The van der Waals surface area contributed by atoms with Crippen molar-refractivity contribution < 1.29 is 14.5 Å². The van der Waals surface area contributed by atoms with Crippen molar-refractivity contribution in [2.24, 2.45) is 7.05 Å². The summed E-state index contributed by atoms with van der Waals surface area (Å²) in [5.41, 5.74) is 0.983. The van der Waals surface area contributed by atoms with Gasteiger partial charge in [-0.2, -0.15) is 0 Å². The summed E-state index contributed by atoms with van der Waals surface area (Å²) in [6.45, 7) is 1.70. The van der Waals surface area contributed by atoms with Gasteiger partial charge in [-0.05, 0) is 13.0 Å². The van der Waals surface area contributed by atoms with E-state index in [4.69, 9.17) is 4.74 Å². The molecular formula is C14H14N2O4. The highest BCUT2D eigenvalue weighted by Crippen LogP contribution is 2.23. The number of ether oxygens (including phenoxy) is 1. The number of hydrogen-bond donors (Lipinski definition) is 0. The van der Waals surface area contributed by atoms with Crippen LogP contribution in [0.25, 0.3) is 17.0 Å². The molecule has 1 aromatic heterocycles. The molecular weight excluding hydrogens is 260 g/mol. The molecule has 0 fully saturated rings. The Morgan fingerprint density at radius 2 is 2.15 bits per heavy atom. The lowest BCUT2D eigenvalue weighted by Crippen LogP contribution is -2.14. The predicted octanol–water partition coefficient (Wildman–Crippen LogP) is 2.36. The van der Waals surface area contributed by atoms with Crippen molar-refractivity contribution in [1.29, 1.82) is 0 Å². The molecule has 0 spiro atoms. The fraction of sp³-hybridized carbons (Fsp3) is 0.214. The fourth-order valence-corrected chi connectivity index (χ4v) is 2.03. The number of carbonyl (C=O) groups is 1. The summed E-state index contributed by atoms with van der Waals surface area (Å²) in [7, 11) is 1.84. The Labute approximate surface area is 115 Å². The first kappa shape index (κ1) is 13.8. The van der Waals surface area contributed by atoms with E-state index >= 15 is 0 Å². The molecule has 1 aromatic carbocycles. The first-order valence-electron chi connectivity index (χ1n) is 6.12. The lowest BCUT2D eigenvalue weighted by molar-refractivity contribution is -0.419. The Morgan fingerprint density at radius 3 is 2.80 bits per heavy atom. The highest BCUT2D eigenvalue weighted by Gasteiger charge is 2.24. The molecule has 0 aliphatic rings. The van der Waals surface area contributed by atoms with Crippen LogP contribution in [0, 0.1) is 10.1 Å². The third-order valence-electron chi connectivity index (χ3n) is 2.90. The van der Waals surface area contributed by atoms with E-state index in [1.165, 1.54) is 6.08 Å². The zero-order chi connectivity index (χ0) is 14.7. The lowest BCUT2D eigenvalue weighted by Gasteiger charge is -1.98. The van der Waals surface area contributed by atoms with Gasteiger partial charge in [-0.15, -0.1) is 0 Å². The number of nitrogens with zero attached hydrogens (tertiary/aromatic N) is 2. The van der Waals surface area contributed by atoms with Crippen molar-refractivity contribution in [3.05, 3.63) is 51.8 Å². The predicted molar refractivity (Wildman–Crippen MR) is 74.5 cm³/mol. The molecule has 0 radical (unpaired) electrons. The maximum Gasteiger partial charge on any atom is 0.409 e. The summed E-state index contributed by atoms with van der Waals surface area (Å²) >= 11 is 0. The molecule has 0 aliphatic carbocycles. The molecule has 2 rings (SSSR count). The number of nitro groups is 1. The number of hydrogen-bond acceptors (Lipinski definition) is 4. The van der Waals surface area contributed by atoms with Crippen LogP contribution < -0.4 is 0 Å². The average molecular weight is 274 g/mol. The van der Waals surface area contributed by atoms with Crippen molar-refractivity contribution in [2.45, 2.75) is 6.92 Å². The number of aryl methyl sites for hydroxylation is 1. The first-order chi connectivity index (χ1) is 9.54. The third kappa shape index (κ3) is 2.54. The summed E-state index contributed by atoms with van der Waals surface area (Å²) in [6.07, 6.45) is 2.99. The Kier molecular flexibility index (Phi) is 3.84. The summed E-state index contributed by atoms with van der Waals surface area (Å²) in [5.74, 6) is -0.926. The van der Waals surface area contributed by atoms with Gasteiger partial charge < -0.3 is 9.30 Å². The monoisotopic (exact) mass is 274 g/mol. The molecule has 0 saturated carbocycles. The third-order valence-corrected chi connectivity index (χ3v) is 2.90. The van der Waals surface area contributed by atoms with E-state index in [2.05, 4.69) is 0 Å². The Hall–Kier alpha value is -2.63. The van der Waals surface area contributed by atoms with Gasteiger partial charge in [-0.25, -0.2) is 4.79 Å². The number of benzene rings is 1. The van der Waals surface area contributed by atoms with Gasteiger partial charge in [0.05, 0.1) is 11.5 Å². The van der Waals surface area contributed by atoms with E-state index < -0.39 is 16.6 Å². The number of para-hydroxylation sites is 1. The van der Waals surface area contributed by atoms with Crippen LogP contribution in [-0.2, 0) is 16.6 Å². The van der Waals surface area contributed by atoms with Crippen LogP contribution in [0.3, 0.4) is 0 Å². The molecule has 6 heteroatoms. The SMILES string of the molecule is CCOC(=O)/C(=C/c1cn(C)c2ccccc12)[N+](=O)[O-]. The summed E-state index contributed by atoms with van der Waals surface area (Å²) in [6, 6.07) is 7.48. The zero-order valence-corrected chi connectivity index (χ0v) is 11.2. The minimum Gasteiger partial charge on any atom is -0.458 e. The van der Waals surface area contributed by atoms with Gasteiger partial charge in [-0.3, -0.25) is 10.1 Å². The highest BCUT2D eigenvalue weighted by molar-refractivity contribution is 5.96. The lowest BCUT2D eigenvalue weighted by atomic mass is 10.1. The van der Waals surface area contributed by atoms with Crippen LogP contribution in [0.4, 0.5) is 0 Å². The molecule has 0 atom stereocenters. The van der Waals surface area contributed by atoms with Gasteiger partial charge in [0, 0.05) is 35.8 Å². The second kappa shape index (κ2) is 5.56. The van der Waals surface area contributed by atoms with Crippen LogP contribution in [0.15, 0.2) is 36.2 Å². The van der Waals surface area contributed by atoms with E-state index in [1.54, 1.807) is 13.1 Å². The minimum absolute atomic E-state index is 0.0968. The molecule has 0 amide bonds. The van der Waals surface area contributed by atoms with Crippen LogP contribution >= 0.6 is 0 Å². The van der Waals surface area contributed by atoms with E-state index in [9.17, 15) is 14.9 Å². The molecule has 1 heterocycles. The highest BCUT2D eigenvalue weighted by atomic mass is 16.6. The van der Waals surface area contributed by atoms with E-state index in [-0.39, 0.29) is 6.61 Å². The molecule has 0 aliphatic heterocycles. The quantitative estimate of drug-likeness (QED) is 0.371. The molecule has 0 saturated heterocycles. The smallest absolute Gasteiger partial charge is 0.409 e. The van der Waals surface area contributed by atoms with Gasteiger partial charge in [0.1, 0.15) is 0 Å². The van der Waals surface area contributed by atoms with E-state index in [1.807, 2.05) is 35.9 Å².